The number of aromatic nitrogens is 1. The molecule has 0 spiro atoms. The van der Waals surface area contributed by atoms with E-state index in [1.807, 2.05) is 35.9 Å². The van der Waals surface area contributed by atoms with Crippen molar-refractivity contribution in [3.63, 3.8) is 0 Å². The summed E-state index contributed by atoms with van der Waals surface area (Å²) >= 11 is 5.45. The molecule has 0 N–H and O–H groups in total. The molecule has 0 saturated carbocycles. The summed E-state index contributed by atoms with van der Waals surface area (Å²) in [6, 6.07) is 10.8. The highest BCUT2D eigenvalue weighted by atomic mass is 32.2. The van der Waals surface area contributed by atoms with Crippen molar-refractivity contribution in [3.05, 3.63) is 75.5 Å². The summed E-state index contributed by atoms with van der Waals surface area (Å²) in [6.07, 6.45) is 8.06. The Morgan fingerprint density at radius 2 is 1.52 bits per heavy atom. The lowest BCUT2D eigenvalue weighted by Crippen LogP contribution is -1.79. The van der Waals surface area contributed by atoms with Crippen molar-refractivity contribution < 1.29 is 0 Å². The van der Waals surface area contributed by atoms with E-state index in [9.17, 15) is 0 Å². The third kappa shape index (κ3) is 2.71. The van der Waals surface area contributed by atoms with E-state index in [0.29, 0.717) is 0 Å². The summed E-state index contributed by atoms with van der Waals surface area (Å²) in [5, 5.41) is 4.27. The van der Waals surface area contributed by atoms with Crippen LogP contribution in [0.4, 0.5) is 0 Å². The van der Waals surface area contributed by atoms with Crippen LogP contribution in [0.5, 0.6) is 0 Å². The molecule has 0 saturated heterocycles. The van der Waals surface area contributed by atoms with Crippen LogP contribution in [0.3, 0.4) is 0 Å². The molecule has 2 aromatic rings. The van der Waals surface area contributed by atoms with E-state index in [4.69, 9.17) is 0 Å². The molecular formula is C17H11NS3. The zero-order valence-electron chi connectivity index (χ0n) is 11.0. The highest BCUT2D eigenvalue weighted by molar-refractivity contribution is 8.24. The van der Waals surface area contributed by atoms with E-state index in [-0.39, 0.29) is 0 Å². The van der Waals surface area contributed by atoms with Gasteiger partial charge < -0.3 is 0 Å². The molecule has 0 atom stereocenters. The van der Waals surface area contributed by atoms with E-state index in [1.165, 1.54) is 30.7 Å². The summed E-state index contributed by atoms with van der Waals surface area (Å²) < 4.78 is 1.37. The first-order valence-electron chi connectivity index (χ1n) is 6.53. The topological polar surface area (TPSA) is 12.9 Å². The second kappa shape index (κ2) is 5.79. The lowest BCUT2D eigenvalue weighted by Gasteiger charge is -2.03. The summed E-state index contributed by atoms with van der Waals surface area (Å²) in [7, 11) is 0. The molecule has 1 nitrogen and oxygen atoms in total. The number of fused-ring (bicyclic) bond motifs is 1. The largest absolute Gasteiger partial charge is 0.265 e. The predicted octanol–water partition coefficient (Wildman–Crippen LogP) is 5.93. The van der Waals surface area contributed by atoms with Gasteiger partial charge in [0.1, 0.15) is 0 Å². The molecule has 0 amide bonds. The van der Waals surface area contributed by atoms with Crippen LogP contribution >= 0.6 is 35.3 Å². The second-order valence-corrected chi connectivity index (χ2v) is 7.77. The fourth-order valence-corrected chi connectivity index (χ4v) is 5.25. The van der Waals surface area contributed by atoms with Gasteiger partial charge in [-0.1, -0.05) is 29.6 Å². The van der Waals surface area contributed by atoms with Crippen molar-refractivity contribution in [2.24, 2.45) is 0 Å². The Balaban J connectivity index is 1.70. The van der Waals surface area contributed by atoms with Crippen molar-refractivity contribution in [1.82, 2.24) is 4.98 Å². The Kier molecular flexibility index (Phi) is 3.67. The van der Waals surface area contributed by atoms with Crippen LogP contribution in [-0.4, -0.2) is 4.98 Å². The maximum Gasteiger partial charge on any atom is 0.0572 e. The van der Waals surface area contributed by atoms with Crippen molar-refractivity contribution in [3.8, 4) is 11.1 Å². The van der Waals surface area contributed by atoms with Crippen molar-refractivity contribution in [2.45, 2.75) is 9.79 Å². The molecule has 0 aliphatic carbocycles. The van der Waals surface area contributed by atoms with E-state index in [0.717, 1.165) is 0 Å². The first-order valence-corrected chi connectivity index (χ1v) is 9.11. The van der Waals surface area contributed by atoms with Gasteiger partial charge in [0, 0.05) is 22.2 Å². The number of nitrogens with zero attached hydrogens (tertiary/aromatic N) is 1. The molecule has 3 heterocycles. The molecule has 21 heavy (non-hydrogen) atoms. The van der Waals surface area contributed by atoms with Gasteiger partial charge in [-0.3, -0.25) is 4.98 Å². The monoisotopic (exact) mass is 325 g/mol. The van der Waals surface area contributed by atoms with Crippen LogP contribution in [0.1, 0.15) is 0 Å². The van der Waals surface area contributed by atoms with Crippen LogP contribution in [-0.2, 0) is 0 Å². The van der Waals surface area contributed by atoms with Crippen LogP contribution in [0.25, 0.3) is 11.1 Å². The minimum atomic E-state index is 1.22. The molecule has 0 bridgehead atoms. The van der Waals surface area contributed by atoms with Gasteiger partial charge in [0.15, 0.2) is 0 Å². The zero-order chi connectivity index (χ0) is 14.1. The molecule has 4 rings (SSSR count). The highest BCUT2D eigenvalue weighted by Crippen LogP contribution is 2.53. The van der Waals surface area contributed by atoms with Crippen LogP contribution < -0.4 is 0 Å². The Hall–Kier alpha value is -1.36. The van der Waals surface area contributed by atoms with Gasteiger partial charge in [-0.15, -0.1) is 11.8 Å². The van der Waals surface area contributed by atoms with Crippen molar-refractivity contribution in [1.29, 1.82) is 0 Å². The molecule has 1 aromatic carbocycles. The molecule has 102 valence electrons. The molecule has 2 aliphatic heterocycles. The first-order chi connectivity index (χ1) is 10.4. The number of pyridine rings is 1. The fraction of sp³-hybridized carbons (Fsp3) is 0. The smallest absolute Gasteiger partial charge is 0.0572 e. The summed E-state index contributed by atoms with van der Waals surface area (Å²) in [6.45, 7) is 0. The third-order valence-corrected chi connectivity index (χ3v) is 6.44. The fourth-order valence-electron chi connectivity index (χ4n) is 2.20. The van der Waals surface area contributed by atoms with Crippen molar-refractivity contribution >= 4 is 35.3 Å². The van der Waals surface area contributed by atoms with E-state index in [1.54, 1.807) is 11.8 Å². The summed E-state index contributed by atoms with van der Waals surface area (Å²) in [5.74, 6) is 0. The van der Waals surface area contributed by atoms with Crippen LogP contribution in [0.2, 0.25) is 0 Å². The molecule has 0 radical (unpaired) electrons. The lowest BCUT2D eigenvalue weighted by atomic mass is 10.1. The average Bonchev–Trinajstić information content (AvgIpc) is 2.99. The van der Waals surface area contributed by atoms with Gasteiger partial charge in [-0.25, -0.2) is 0 Å². The third-order valence-electron chi connectivity index (χ3n) is 3.25. The van der Waals surface area contributed by atoms with Gasteiger partial charge >= 0.3 is 0 Å². The number of rotatable bonds is 1. The molecule has 0 unspecified atom stereocenters. The number of hydrogen-bond acceptors (Lipinski definition) is 4. The van der Waals surface area contributed by atoms with Gasteiger partial charge in [0.05, 0.1) is 4.24 Å². The Morgan fingerprint density at radius 1 is 0.762 bits per heavy atom. The van der Waals surface area contributed by atoms with Crippen LogP contribution in [0.15, 0.2) is 85.3 Å². The predicted molar refractivity (Wildman–Crippen MR) is 94.3 cm³/mol. The molecule has 1 aromatic heterocycles. The highest BCUT2D eigenvalue weighted by Gasteiger charge is 2.20. The molecule has 2 aliphatic rings. The first kappa shape index (κ1) is 13.3. The summed E-state index contributed by atoms with van der Waals surface area (Å²) in [5.41, 5.74) is 3.78. The van der Waals surface area contributed by atoms with Gasteiger partial charge in [-0.2, -0.15) is 0 Å². The second-order valence-electron chi connectivity index (χ2n) is 4.59. The number of benzene rings is 1. The maximum absolute atomic E-state index is 4.08. The Morgan fingerprint density at radius 3 is 2.33 bits per heavy atom. The van der Waals surface area contributed by atoms with Gasteiger partial charge in [0.25, 0.3) is 0 Å². The number of allylic oxidation sites excluding steroid dienone is 3. The minimum Gasteiger partial charge on any atom is -0.265 e. The zero-order valence-corrected chi connectivity index (χ0v) is 13.5. The van der Waals surface area contributed by atoms with Crippen LogP contribution in [0, 0.1) is 0 Å². The minimum absolute atomic E-state index is 1.22. The van der Waals surface area contributed by atoms with Gasteiger partial charge in [-0.05, 0) is 63.9 Å². The molecule has 0 fully saturated rings. The molecular weight excluding hydrogens is 314 g/mol. The quantitative estimate of drug-likeness (QED) is 0.644. The molecule has 4 heteroatoms. The normalized spacial score (nSPS) is 16.4. The SMILES string of the molecule is C1=CC(=C2Sc3ccc(-c4ccncc4)cc3S2)C=CS1. The van der Waals surface area contributed by atoms with E-state index >= 15 is 0 Å². The number of thioether (sulfide) groups is 3. The van der Waals surface area contributed by atoms with E-state index in [2.05, 4.69) is 58.3 Å². The lowest BCUT2D eigenvalue weighted by molar-refractivity contribution is 1.26. The average molecular weight is 325 g/mol. The Bertz CT molecular complexity index is 762. The summed E-state index contributed by atoms with van der Waals surface area (Å²) in [4.78, 5) is 6.77. The van der Waals surface area contributed by atoms with E-state index < -0.39 is 0 Å². The van der Waals surface area contributed by atoms with Crippen molar-refractivity contribution in [2.75, 3.05) is 0 Å². The standard InChI is InChI=1S/C17H11NS3/c1-2-15-16(11-14(1)12-3-7-18-8-4-12)21-17(20-15)13-5-9-19-10-6-13/h1-11H. The Labute approximate surface area is 136 Å². The van der Waals surface area contributed by atoms with Gasteiger partial charge in [0.2, 0.25) is 0 Å². The maximum atomic E-state index is 4.08. The number of hydrogen-bond donors (Lipinski definition) is 0.